The van der Waals surface area contributed by atoms with Crippen LogP contribution in [0.1, 0.15) is 44.6 Å². The molecule has 0 heterocycles. The Bertz CT molecular complexity index is 899. The Balaban J connectivity index is 1.39. The zero-order chi connectivity index (χ0) is 22.3. The van der Waals surface area contributed by atoms with Gasteiger partial charge in [0.15, 0.2) is 0 Å². The van der Waals surface area contributed by atoms with Crippen LogP contribution in [0.5, 0.6) is 11.5 Å². The van der Waals surface area contributed by atoms with E-state index in [4.69, 9.17) is 9.47 Å². The molecule has 0 aliphatic rings. The minimum atomic E-state index is 0.559. The van der Waals surface area contributed by atoms with Gasteiger partial charge in [-0.15, -0.1) is 0 Å². The van der Waals surface area contributed by atoms with Gasteiger partial charge in [-0.2, -0.15) is 0 Å². The lowest BCUT2D eigenvalue weighted by Crippen LogP contribution is -2.14. The number of rotatable bonds is 15. The number of anilines is 2. The first-order chi connectivity index (χ1) is 15.8. The molecule has 0 radical (unpaired) electrons. The van der Waals surface area contributed by atoms with E-state index in [2.05, 4.69) is 47.9 Å². The highest BCUT2D eigenvalue weighted by atomic mass is 16.5. The summed E-state index contributed by atoms with van der Waals surface area (Å²) in [6, 6.07) is 26.5. The van der Waals surface area contributed by atoms with E-state index >= 15 is 0 Å². The lowest BCUT2D eigenvalue weighted by molar-refractivity contribution is 0.304. The molecule has 3 aromatic rings. The van der Waals surface area contributed by atoms with Crippen molar-refractivity contribution in [2.45, 2.75) is 45.6 Å². The maximum absolute atomic E-state index is 6.02. The molecule has 0 aromatic heterocycles. The Labute approximate surface area is 193 Å². The number of unbranched alkanes of at least 4 members (excludes halogenated alkanes) is 4. The van der Waals surface area contributed by atoms with Crippen LogP contribution in [-0.2, 0) is 6.61 Å². The number of hydrogen-bond acceptors (Lipinski definition) is 4. The Morgan fingerprint density at radius 2 is 1.47 bits per heavy atom. The van der Waals surface area contributed by atoms with Gasteiger partial charge in [-0.25, -0.2) is 0 Å². The number of hydrogen-bond donors (Lipinski definition) is 2. The topological polar surface area (TPSA) is 42.5 Å². The van der Waals surface area contributed by atoms with Crippen molar-refractivity contribution in [3.8, 4) is 11.5 Å². The van der Waals surface area contributed by atoms with E-state index in [0.717, 1.165) is 54.6 Å². The van der Waals surface area contributed by atoms with Crippen molar-refractivity contribution in [3.05, 3.63) is 84.4 Å². The molecule has 3 rings (SSSR count). The molecule has 3 aromatic carbocycles. The van der Waals surface area contributed by atoms with Crippen LogP contribution in [0.2, 0.25) is 0 Å². The van der Waals surface area contributed by atoms with E-state index in [1.54, 1.807) is 0 Å². The number of benzene rings is 3. The molecule has 4 heteroatoms. The van der Waals surface area contributed by atoms with E-state index in [9.17, 15) is 0 Å². The number of para-hydroxylation sites is 2. The molecule has 0 saturated heterocycles. The van der Waals surface area contributed by atoms with Gasteiger partial charge in [0.2, 0.25) is 0 Å². The van der Waals surface area contributed by atoms with Crippen molar-refractivity contribution in [2.24, 2.45) is 0 Å². The summed E-state index contributed by atoms with van der Waals surface area (Å²) in [5, 5.41) is 6.94. The molecule has 0 amide bonds. The van der Waals surface area contributed by atoms with Crippen LogP contribution in [0, 0.1) is 0 Å². The Kier molecular flexibility index (Phi) is 10.3. The largest absolute Gasteiger partial charge is 0.494 e. The smallest absolute Gasteiger partial charge is 0.142 e. The van der Waals surface area contributed by atoms with Crippen LogP contribution in [0.25, 0.3) is 0 Å². The molecule has 2 N–H and O–H groups in total. The molecule has 0 bridgehead atoms. The highest BCUT2D eigenvalue weighted by molar-refractivity contribution is 5.56. The monoisotopic (exact) mass is 432 g/mol. The highest BCUT2D eigenvalue weighted by Crippen LogP contribution is 2.24. The zero-order valence-corrected chi connectivity index (χ0v) is 19.2. The second-order valence-electron chi connectivity index (χ2n) is 7.91. The summed E-state index contributed by atoms with van der Waals surface area (Å²) in [5.74, 6) is 1.80. The van der Waals surface area contributed by atoms with E-state index in [1.807, 2.05) is 48.5 Å². The van der Waals surface area contributed by atoms with Gasteiger partial charge in [0.25, 0.3) is 0 Å². The first-order valence-electron chi connectivity index (χ1n) is 11.8. The van der Waals surface area contributed by atoms with Crippen molar-refractivity contribution in [2.75, 3.05) is 30.3 Å². The standard InChI is InChI=1S/C28H36N2O2/c1-2-3-4-5-11-21-31-26-16-12-15-25(22-26)29-19-20-30-27-17-9-10-18-28(27)32-23-24-13-7-6-8-14-24/h6-10,12-18,22,29-30H,2-5,11,19-21,23H2,1H3. The Hall–Kier alpha value is -3.14. The highest BCUT2D eigenvalue weighted by Gasteiger charge is 2.03. The predicted molar refractivity (Wildman–Crippen MR) is 135 cm³/mol. The average molecular weight is 433 g/mol. The SMILES string of the molecule is CCCCCCCOc1cccc(NCCNc2ccccc2OCc2ccccc2)c1. The minimum Gasteiger partial charge on any atom is -0.494 e. The average Bonchev–Trinajstić information content (AvgIpc) is 2.84. The predicted octanol–water partition coefficient (Wildman–Crippen LogP) is 7.14. The molecule has 4 nitrogen and oxygen atoms in total. The molecule has 0 spiro atoms. The molecule has 170 valence electrons. The van der Waals surface area contributed by atoms with E-state index in [1.165, 1.54) is 25.7 Å². The van der Waals surface area contributed by atoms with Crippen molar-refractivity contribution in [1.29, 1.82) is 0 Å². The molecular formula is C28H36N2O2. The Morgan fingerprint density at radius 1 is 0.688 bits per heavy atom. The fourth-order valence-corrected chi connectivity index (χ4v) is 3.47. The zero-order valence-electron chi connectivity index (χ0n) is 19.2. The third-order valence-electron chi connectivity index (χ3n) is 5.24. The molecule has 0 aliphatic heterocycles. The van der Waals surface area contributed by atoms with Gasteiger partial charge in [0.05, 0.1) is 12.3 Å². The van der Waals surface area contributed by atoms with Crippen molar-refractivity contribution in [1.82, 2.24) is 0 Å². The van der Waals surface area contributed by atoms with Gasteiger partial charge in [-0.3, -0.25) is 0 Å². The van der Waals surface area contributed by atoms with Crippen molar-refractivity contribution >= 4 is 11.4 Å². The first kappa shape index (κ1) is 23.5. The summed E-state index contributed by atoms with van der Waals surface area (Å²) in [4.78, 5) is 0. The quantitative estimate of drug-likeness (QED) is 0.251. The van der Waals surface area contributed by atoms with Crippen molar-refractivity contribution in [3.63, 3.8) is 0 Å². The lowest BCUT2D eigenvalue weighted by Gasteiger charge is -2.14. The van der Waals surface area contributed by atoms with Gasteiger partial charge in [0.1, 0.15) is 18.1 Å². The van der Waals surface area contributed by atoms with Crippen LogP contribution in [0.4, 0.5) is 11.4 Å². The molecule has 0 fully saturated rings. The second-order valence-corrected chi connectivity index (χ2v) is 7.91. The number of ether oxygens (including phenoxy) is 2. The lowest BCUT2D eigenvalue weighted by atomic mass is 10.2. The molecular weight excluding hydrogens is 396 g/mol. The third-order valence-corrected chi connectivity index (χ3v) is 5.24. The van der Waals surface area contributed by atoms with Crippen LogP contribution in [0.15, 0.2) is 78.9 Å². The Morgan fingerprint density at radius 3 is 2.34 bits per heavy atom. The molecule has 0 saturated carbocycles. The van der Waals surface area contributed by atoms with E-state index in [-0.39, 0.29) is 0 Å². The van der Waals surface area contributed by atoms with Gasteiger partial charge in [-0.05, 0) is 36.2 Å². The summed E-state index contributed by atoms with van der Waals surface area (Å²) < 4.78 is 11.9. The normalized spacial score (nSPS) is 10.5. The second kappa shape index (κ2) is 14.0. The van der Waals surface area contributed by atoms with E-state index < -0.39 is 0 Å². The molecule has 0 aliphatic carbocycles. The van der Waals surface area contributed by atoms with Crippen LogP contribution in [-0.4, -0.2) is 19.7 Å². The summed E-state index contributed by atoms with van der Waals surface area (Å²) in [6.45, 7) is 5.17. The summed E-state index contributed by atoms with van der Waals surface area (Å²) in [7, 11) is 0. The first-order valence-corrected chi connectivity index (χ1v) is 11.8. The fourth-order valence-electron chi connectivity index (χ4n) is 3.47. The van der Waals surface area contributed by atoms with Crippen LogP contribution >= 0.6 is 0 Å². The minimum absolute atomic E-state index is 0.559. The van der Waals surface area contributed by atoms with Gasteiger partial charge in [-0.1, -0.05) is 81.1 Å². The van der Waals surface area contributed by atoms with Gasteiger partial charge in [0, 0.05) is 24.8 Å². The fraction of sp³-hybridized carbons (Fsp3) is 0.357. The summed E-state index contributed by atoms with van der Waals surface area (Å²) >= 11 is 0. The maximum atomic E-state index is 6.02. The van der Waals surface area contributed by atoms with Gasteiger partial charge < -0.3 is 20.1 Å². The third kappa shape index (κ3) is 8.54. The maximum Gasteiger partial charge on any atom is 0.142 e. The molecule has 32 heavy (non-hydrogen) atoms. The summed E-state index contributed by atoms with van der Waals surface area (Å²) in [5.41, 5.74) is 3.24. The van der Waals surface area contributed by atoms with Crippen LogP contribution < -0.4 is 20.1 Å². The van der Waals surface area contributed by atoms with Gasteiger partial charge >= 0.3 is 0 Å². The molecule has 0 atom stereocenters. The van der Waals surface area contributed by atoms with Crippen molar-refractivity contribution < 1.29 is 9.47 Å². The number of nitrogens with one attached hydrogen (secondary N) is 2. The van der Waals surface area contributed by atoms with E-state index in [0.29, 0.717) is 6.61 Å². The molecule has 0 unspecified atom stereocenters. The van der Waals surface area contributed by atoms with Crippen LogP contribution in [0.3, 0.4) is 0 Å². The summed E-state index contributed by atoms with van der Waals surface area (Å²) in [6.07, 6.45) is 6.25.